The Kier molecular flexibility index (Phi) is 6.92. The second kappa shape index (κ2) is 10.0. The van der Waals surface area contributed by atoms with Gasteiger partial charge in [0, 0.05) is 31.1 Å². The molecule has 1 aliphatic rings. The van der Waals surface area contributed by atoms with Crippen LogP contribution in [0.2, 0.25) is 5.02 Å². The van der Waals surface area contributed by atoms with Crippen molar-refractivity contribution in [1.29, 1.82) is 5.26 Å². The third-order valence-corrected chi connectivity index (χ3v) is 6.31. The van der Waals surface area contributed by atoms with Crippen molar-refractivity contribution in [3.05, 3.63) is 70.9 Å². The number of hydrogen-bond acceptors (Lipinski definition) is 7. The molecule has 2 aromatic carbocycles. The molecule has 1 fully saturated rings. The minimum absolute atomic E-state index is 0.418. The summed E-state index contributed by atoms with van der Waals surface area (Å²) in [5.41, 5.74) is 1.52. The summed E-state index contributed by atoms with van der Waals surface area (Å²) in [6.45, 7) is 4.13. The van der Waals surface area contributed by atoms with Crippen molar-refractivity contribution in [3.63, 3.8) is 0 Å². The molecule has 1 aromatic heterocycles. The molecule has 2 heterocycles. The molecule has 0 radical (unpaired) electrons. The fourth-order valence-electron chi connectivity index (χ4n) is 3.18. The van der Waals surface area contributed by atoms with Gasteiger partial charge in [0.15, 0.2) is 0 Å². The fourth-order valence-corrected chi connectivity index (χ4v) is 4.33. The third-order valence-electron chi connectivity index (χ3n) is 5.00. The minimum Gasteiger partial charge on any atom is -0.472 e. The molecule has 0 spiro atoms. The van der Waals surface area contributed by atoms with Crippen LogP contribution in [-0.4, -0.2) is 48.1 Å². The molecule has 1 aliphatic heterocycles. The summed E-state index contributed by atoms with van der Waals surface area (Å²) in [6, 6.07) is 17.5. The van der Waals surface area contributed by atoms with Gasteiger partial charge in [0.05, 0.1) is 21.7 Å². The maximum Gasteiger partial charge on any atom is 0.232 e. The van der Waals surface area contributed by atoms with E-state index in [1.54, 1.807) is 18.3 Å². The highest BCUT2D eigenvalue weighted by Crippen LogP contribution is 2.36. The van der Waals surface area contributed by atoms with Crippen molar-refractivity contribution in [2.45, 2.75) is 16.4 Å². The Hall–Kier alpha value is -2.79. The van der Waals surface area contributed by atoms with Gasteiger partial charge in [-0.1, -0.05) is 53.7 Å². The summed E-state index contributed by atoms with van der Waals surface area (Å²) in [5, 5.41) is 9.53. The molecule has 0 unspecified atom stereocenters. The molecule has 6 nitrogen and oxygen atoms in total. The summed E-state index contributed by atoms with van der Waals surface area (Å²) in [5.74, 6) is 1.22. The van der Waals surface area contributed by atoms with Crippen LogP contribution < -0.4 is 9.64 Å². The molecule has 0 N–H and O–H groups in total. The van der Waals surface area contributed by atoms with Crippen LogP contribution in [0.3, 0.4) is 0 Å². The van der Waals surface area contributed by atoms with Crippen LogP contribution >= 0.6 is 23.4 Å². The summed E-state index contributed by atoms with van der Waals surface area (Å²) in [7, 11) is 2.12. The van der Waals surface area contributed by atoms with Gasteiger partial charge >= 0.3 is 0 Å². The van der Waals surface area contributed by atoms with E-state index in [1.165, 1.54) is 11.8 Å². The molecule has 31 heavy (non-hydrogen) atoms. The molecule has 0 amide bonds. The fraction of sp³-hybridized carbons (Fsp3) is 0.261. The lowest BCUT2D eigenvalue weighted by Gasteiger charge is -2.32. The summed E-state index contributed by atoms with van der Waals surface area (Å²) in [4.78, 5) is 15.5. The Balaban J connectivity index is 1.59. The number of hydrogen-bond donors (Lipinski definition) is 0. The van der Waals surface area contributed by atoms with Gasteiger partial charge in [-0.05, 0) is 30.8 Å². The number of piperazine rings is 1. The number of nitriles is 1. The normalized spacial score (nSPS) is 14.3. The Morgan fingerprint density at radius 3 is 2.61 bits per heavy atom. The van der Waals surface area contributed by atoms with Gasteiger partial charge < -0.3 is 14.5 Å². The summed E-state index contributed by atoms with van der Waals surface area (Å²) in [6.07, 6.45) is 1.80. The smallest absolute Gasteiger partial charge is 0.232 e. The van der Waals surface area contributed by atoms with Crippen molar-refractivity contribution in [2.24, 2.45) is 0 Å². The highest BCUT2D eigenvalue weighted by Gasteiger charge is 2.19. The molecular formula is C23H22ClN5OS. The average molecular weight is 452 g/mol. The second-order valence-corrected chi connectivity index (χ2v) is 8.78. The number of rotatable bonds is 6. The van der Waals surface area contributed by atoms with Crippen molar-refractivity contribution in [1.82, 2.24) is 14.9 Å². The first kappa shape index (κ1) is 21.4. The molecule has 0 saturated carbocycles. The van der Waals surface area contributed by atoms with Crippen LogP contribution in [0.15, 0.2) is 64.5 Å². The maximum absolute atomic E-state index is 9.10. The SMILES string of the molecule is CN1CCN(c2ncc(Sc3ccc(C#N)c(Cl)c3)c(OCc3ccccc3)n2)CC1. The molecule has 158 valence electrons. The lowest BCUT2D eigenvalue weighted by Crippen LogP contribution is -2.45. The number of benzene rings is 2. The summed E-state index contributed by atoms with van der Waals surface area (Å²) >= 11 is 7.67. The minimum atomic E-state index is 0.418. The van der Waals surface area contributed by atoms with Gasteiger partial charge in [0.25, 0.3) is 0 Å². The molecule has 4 rings (SSSR count). The molecule has 3 aromatic rings. The number of nitrogens with zero attached hydrogens (tertiary/aromatic N) is 5. The van der Waals surface area contributed by atoms with Crippen molar-refractivity contribution < 1.29 is 4.74 Å². The van der Waals surface area contributed by atoms with E-state index in [4.69, 9.17) is 26.6 Å². The first-order valence-electron chi connectivity index (χ1n) is 9.97. The molecule has 0 bridgehead atoms. The molecular weight excluding hydrogens is 430 g/mol. The number of ether oxygens (including phenoxy) is 1. The zero-order valence-corrected chi connectivity index (χ0v) is 18.7. The van der Waals surface area contributed by atoms with Crippen molar-refractivity contribution >= 4 is 29.3 Å². The van der Waals surface area contributed by atoms with E-state index in [0.717, 1.165) is 41.5 Å². The summed E-state index contributed by atoms with van der Waals surface area (Å²) < 4.78 is 6.13. The molecule has 1 saturated heterocycles. The quantitative estimate of drug-likeness (QED) is 0.547. The van der Waals surface area contributed by atoms with Crippen LogP contribution in [0.4, 0.5) is 5.95 Å². The van der Waals surface area contributed by atoms with Crippen LogP contribution in [0.1, 0.15) is 11.1 Å². The Morgan fingerprint density at radius 2 is 1.90 bits per heavy atom. The van der Waals surface area contributed by atoms with Gasteiger partial charge in [-0.15, -0.1) is 0 Å². The highest BCUT2D eigenvalue weighted by molar-refractivity contribution is 7.99. The molecule has 8 heteroatoms. The first-order chi connectivity index (χ1) is 15.1. The van der Waals surface area contributed by atoms with Crippen molar-refractivity contribution in [3.8, 4) is 11.9 Å². The monoisotopic (exact) mass is 451 g/mol. The van der Waals surface area contributed by atoms with Gasteiger partial charge in [-0.2, -0.15) is 10.2 Å². The van der Waals surface area contributed by atoms with Crippen molar-refractivity contribution in [2.75, 3.05) is 38.1 Å². The van der Waals surface area contributed by atoms with Crippen LogP contribution in [0.25, 0.3) is 0 Å². The molecule has 0 atom stereocenters. The lowest BCUT2D eigenvalue weighted by atomic mass is 10.2. The number of halogens is 1. The zero-order valence-electron chi connectivity index (χ0n) is 17.2. The highest BCUT2D eigenvalue weighted by atomic mass is 35.5. The number of likely N-dealkylation sites (N-methyl/N-ethyl adjacent to an activating group) is 1. The lowest BCUT2D eigenvalue weighted by molar-refractivity contribution is 0.283. The van der Waals surface area contributed by atoms with Crippen LogP contribution in [0, 0.1) is 11.3 Å². The standard InChI is InChI=1S/C23H22ClN5OS/c1-28-9-11-29(12-10-28)23-26-15-21(31-19-8-7-18(14-25)20(24)13-19)22(27-23)30-16-17-5-3-2-4-6-17/h2-8,13,15H,9-12,16H2,1H3. The Bertz CT molecular complexity index is 1080. The van der Waals surface area contributed by atoms with E-state index in [2.05, 4.69) is 27.9 Å². The topological polar surface area (TPSA) is 65.3 Å². The van der Waals surface area contributed by atoms with E-state index >= 15 is 0 Å². The van der Waals surface area contributed by atoms with E-state index < -0.39 is 0 Å². The van der Waals surface area contributed by atoms with Gasteiger partial charge in [-0.3, -0.25) is 0 Å². The van der Waals surface area contributed by atoms with E-state index in [1.807, 2.05) is 36.4 Å². The van der Waals surface area contributed by atoms with Crippen LogP contribution in [0.5, 0.6) is 5.88 Å². The second-order valence-electron chi connectivity index (χ2n) is 7.26. The number of anilines is 1. The zero-order chi connectivity index (χ0) is 21.6. The number of aromatic nitrogens is 2. The predicted octanol–water partition coefficient (Wildman–Crippen LogP) is 4.48. The van der Waals surface area contributed by atoms with E-state index in [-0.39, 0.29) is 0 Å². The maximum atomic E-state index is 9.10. The first-order valence-corrected chi connectivity index (χ1v) is 11.2. The van der Waals surface area contributed by atoms with E-state index in [0.29, 0.717) is 29.0 Å². The van der Waals surface area contributed by atoms with Crippen LogP contribution in [-0.2, 0) is 6.61 Å². The Labute approximate surface area is 191 Å². The average Bonchev–Trinajstić information content (AvgIpc) is 2.80. The largest absolute Gasteiger partial charge is 0.472 e. The molecule has 0 aliphatic carbocycles. The third kappa shape index (κ3) is 5.47. The van der Waals surface area contributed by atoms with Gasteiger partial charge in [-0.25, -0.2) is 4.98 Å². The van der Waals surface area contributed by atoms with E-state index in [9.17, 15) is 0 Å². The predicted molar refractivity (Wildman–Crippen MR) is 123 cm³/mol. The Morgan fingerprint density at radius 1 is 1.13 bits per heavy atom. The van der Waals surface area contributed by atoms with Gasteiger partial charge in [0.1, 0.15) is 12.7 Å². The van der Waals surface area contributed by atoms with Gasteiger partial charge in [0.2, 0.25) is 11.8 Å².